The van der Waals surface area contributed by atoms with Crippen molar-refractivity contribution in [2.45, 2.75) is 13.8 Å². The SMILES string of the molecule is C#CCON=C(C)c1c(O)c2cccc(C)c2oc1=O. The number of oxime groups is 1. The molecule has 0 aliphatic carbocycles. The van der Waals surface area contributed by atoms with Crippen LogP contribution in [0, 0.1) is 19.3 Å². The zero-order chi connectivity index (χ0) is 14.7. The Balaban J connectivity index is 2.64. The van der Waals surface area contributed by atoms with Crippen LogP contribution in [-0.4, -0.2) is 17.4 Å². The Morgan fingerprint density at radius 2 is 2.30 bits per heavy atom. The molecule has 102 valence electrons. The standard InChI is InChI=1S/C15H13NO4/c1-4-8-19-16-10(3)12-13(17)11-7-5-6-9(2)14(11)20-15(12)18/h1,5-7,17H,8H2,2-3H3. The van der Waals surface area contributed by atoms with Crippen molar-refractivity contribution in [1.82, 2.24) is 0 Å². The molecular weight excluding hydrogens is 258 g/mol. The number of aromatic hydroxyl groups is 1. The molecule has 0 saturated heterocycles. The van der Waals surface area contributed by atoms with Crippen molar-refractivity contribution in [3.8, 4) is 18.1 Å². The van der Waals surface area contributed by atoms with E-state index in [1.165, 1.54) is 6.92 Å². The highest BCUT2D eigenvalue weighted by atomic mass is 16.6. The van der Waals surface area contributed by atoms with E-state index in [9.17, 15) is 9.90 Å². The van der Waals surface area contributed by atoms with Crippen LogP contribution < -0.4 is 5.63 Å². The summed E-state index contributed by atoms with van der Waals surface area (Å²) in [5.74, 6) is 2.07. The van der Waals surface area contributed by atoms with Crippen molar-refractivity contribution in [1.29, 1.82) is 0 Å². The van der Waals surface area contributed by atoms with Gasteiger partial charge in [-0.15, -0.1) is 6.42 Å². The summed E-state index contributed by atoms with van der Waals surface area (Å²) in [4.78, 5) is 16.8. The van der Waals surface area contributed by atoms with Crippen molar-refractivity contribution in [2.75, 3.05) is 6.61 Å². The van der Waals surface area contributed by atoms with E-state index in [1.54, 1.807) is 25.1 Å². The Labute approximate surface area is 115 Å². The maximum absolute atomic E-state index is 12.0. The average Bonchev–Trinajstić information content (AvgIpc) is 2.40. The molecule has 1 heterocycles. The smallest absolute Gasteiger partial charge is 0.349 e. The first-order valence-electron chi connectivity index (χ1n) is 5.92. The lowest BCUT2D eigenvalue weighted by molar-refractivity contribution is 0.179. The topological polar surface area (TPSA) is 72.0 Å². The molecule has 2 rings (SSSR count). The van der Waals surface area contributed by atoms with Crippen LogP contribution in [0.1, 0.15) is 18.1 Å². The molecule has 0 atom stereocenters. The quantitative estimate of drug-likeness (QED) is 0.305. The molecule has 0 saturated carbocycles. The number of benzene rings is 1. The first-order valence-corrected chi connectivity index (χ1v) is 5.92. The van der Waals surface area contributed by atoms with E-state index in [4.69, 9.17) is 15.7 Å². The summed E-state index contributed by atoms with van der Waals surface area (Å²) in [6.45, 7) is 3.31. The second-order valence-corrected chi connectivity index (χ2v) is 4.22. The van der Waals surface area contributed by atoms with E-state index in [0.29, 0.717) is 11.0 Å². The maximum atomic E-state index is 12.0. The van der Waals surface area contributed by atoms with Crippen LogP contribution in [0.4, 0.5) is 0 Å². The number of terminal acetylenes is 1. The van der Waals surface area contributed by atoms with Gasteiger partial charge < -0.3 is 14.4 Å². The van der Waals surface area contributed by atoms with Gasteiger partial charge in [0.1, 0.15) is 16.9 Å². The van der Waals surface area contributed by atoms with Crippen LogP contribution in [0.2, 0.25) is 0 Å². The van der Waals surface area contributed by atoms with Gasteiger partial charge in [0.05, 0.1) is 11.1 Å². The molecule has 0 radical (unpaired) electrons. The molecule has 1 N–H and O–H groups in total. The van der Waals surface area contributed by atoms with Gasteiger partial charge in [0, 0.05) is 0 Å². The van der Waals surface area contributed by atoms with Gasteiger partial charge in [-0.25, -0.2) is 4.79 Å². The van der Waals surface area contributed by atoms with E-state index in [1.807, 2.05) is 0 Å². The van der Waals surface area contributed by atoms with Gasteiger partial charge in [-0.1, -0.05) is 23.2 Å². The second-order valence-electron chi connectivity index (χ2n) is 4.22. The van der Waals surface area contributed by atoms with Gasteiger partial charge in [-0.3, -0.25) is 0 Å². The first-order chi connectivity index (χ1) is 9.56. The van der Waals surface area contributed by atoms with Crippen LogP contribution in [0.5, 0.6) is 5.75 Å². The fourth-order valence-electron chi connectivity index (χ4n) is 1.88. The largest absolute Gasteiger partial charge is 0.506 e. The fraction of sp³-hybridized carbons (Fsp3) is 0.200. The number of aryl methyl sites for hydroxylation is 1. The Bertz CT molecular complexity index is 781. The number of hydrogen-bond donors (Lipinski definition) is 1. The lowest BCUT2D eigenvalue weighted by Crippen LogP contribution is -2.13. The predicted molar refractivity (Wildman–Crippen MR) is 75.9 cm³/mol. The van der Waals surface area contributed by atoms with Crippen LogP contribution in [0.15, 0.2) is 32.6 Å². The van der Waals surface area contributed by atoms with Gasteiger partial charge in [0.15, 0.2) is 6.61 Å². The lowest BCUT2D eigenvalue weighted by atomic mass is 10.1. The molecule has 5 nitrogen and oxygen atoms in total. The molecular formula is C15H13NO4. The fourth-order valence-corrected chi connectivity index (χ4v) is 1.88. The summed E-state index contributed by atoms with van der Waals surface area (Å²) in [7, 11) is 0. The van der Waals surface area contributed by atoms with Crippen molar-refractivity contribution < 1.29 is 14.4 Å². The van der Waals surface area contributed by atoms with Crippen LogP contribution in [0.25, 0.3) is 11.0 Å². The molecule has 1 aromatic heterocycles. The van der Waals surface area contributed by atoms with Gasteiger partial charge in [-0.2, -0.15) is 0 Å². The minimum atomic E-state index is -0.671. The molecule has 5 heteroatoms. The van der Waals surface area contributed by atoms with Crippen molar-refractivity contribution in [3.05, 3.63) is 39.7 Å². The van der Waals surface area contributed by atoms with Gasteiger partial charge in [-0.05, 0) is 25.5 Å². The Morgan fingerprint density at radius 3 is 3.00 bits per heavy atom. The summed E-state index contributed by atoms with van der Waals surface area (Å²) in [5.41, 5.74) is 0.626. The zero-order valence-corrected chi connectivity index (χ0v) is 11.1. The molecule has 0 aliphatic heterocycles. The normalized spacial score (nSPS) is 11.3. The predicted octanol–water partition coefficient (Wildman–Crippen LogP) is 2.18. The highest BCUT2D eigenvalue weighted by molar-refractivity contribution is 6.04. The van der Waals surface area contributed by atoms with Crippen molar-refractivity contribution in [3.63, 3.8) is 0 Å². The van der Waals surface area contributed by atoms with E-state index in [-0.39, 0.29) is 23.6 Å². The monoisotopic (exact) mass is 271 g/mol. The van der Waals surface area contributed by atoms with E-state index in [0.717, 1.165) is 5.56 Å². The van der Waals surface area contributed by atoms with Crippen LogP contribution in [0.3, 0.4) is 0 Å². The first kappa shape index (κ1) is 13.7. The van der Waals surface area contributed by atoms with E-state index < -0.39 is 5.63 Å². The number of rotatable bonds is 3. The minimum Gasteiger partial charge on any atom is -0.506 e. The second kappa shape index (κ2) is 5.49. The summed E-state index contributed by atoms with van der Waals surface area (Å²) < 4.78 is 5.24. The molecule has 0 bridgehead atoms. The molecule has 20 heavy (non-hydrogen) atoms. The van der Waals surface area contributed by atoms with Crippen molar-refractivity contribution in [2.24, 2.45) is 5.16 Å². The number of hydrogen-bond acceptors (Lipinski definition) is 5. The van der Waals surface area contributed by atoms with Gasteiger partial charge in [0.2, 0.25) is 0 Å². The summed E-state index contributed by atoms with van der Waals surface area (Å²) in [6, 6.07) is 5.23. The number of para-hydroxylation sites is 1. The van der Waals surface area contributed by atoms with Crippen LogP contribution in [-0.2, 0) is 4.84 Å². The summed E-state index contributed by atoms with van der Waals surface area (Å²) in [6.07, 6.45) is 5.03. The Hall–Kier alpha value is -2.74. The van der Waals surface area contributed by atoms with Gasteiger partial charge >= 0.3 is 5.63 Å². The van der Waals surface area contributed by atoms with Gasteiger partial charge in [0.25, 0.3) is 0 Å². The molecule has 2 aromatic rings. The van der Waals surface area contributed by atoms with E-state index >= 15 is 0 Å². The molecule has 0 fully saturated rings. The molecule has 0 aliphatic rings. The van der Waals surface area contributed by atoms with Crippen molar-refractivity contribution >= 4 is 16.7 Å². The number of fused-ring (bicyclic) bond motifs is 1. The molecule has 1 aromatic carbocycles. The Morgan fingerprint density at radius 1 is 1.55 bits per heavy atom. The highest BCUT2D eigenvalue weighted by Crippen LogP contribution is 2.28. The number of nitrogens with zero attached hydrogens (tertiary/aromatic N) is 1. The Kier molecular flexibility index (Phi) is 3.76. The third kappa shape index (κ3) is 2.36. The summed E-state index contributed by atoms with van der Waals surface area (Å²) in [5, 5.41) is 14.4. The third-order valence-electron chi connectivity index (χ3n) is 2.81. The molecule has 0 spiro atoms. The molecule has 0 unspecified atom stereocenters. The highest BCUT2D eigenvalue weighted by Gasteiger charge is 2.17. The molecule has 0 amide bonds. The third-order valence-corrected chi connectivity index (χ3v) is 2.81. The van der Waals surface area contributed by atoms with Crippen LogP contribution >= 0.6 is 0 Å². The lowest BCUT2D eigenvalue weighted by Gasteiger charge is -2.07. The maximum Gasteiger partial charge on any atom is 0.349 e. The minimum absolute atomic E-state index is 0.0177. The average molecular weight is 271 g/mol. The summed E-state index contributed by atoms with van der Waals surface area (Å²) >= 11 is 0. The van der Waals surface area contributed by atoms with E-state index in [2.05, 4.69) is 11.1 Å². The zero-order valence-electron chi connectivity index (χ0n) is 11.1.